The minimum Gasteiger partial charge on any atom is -0.388 e. The summed E-state index contributed by atoms with van der Waals surface area (Å²) >= 11 is 1.38. The molecule has 0 aliphatic heterocycles. The number of aromatic nitrogens is 3. The summed E-state index contributed by atoms with van der Waals surface area (Å²) in [5.74, 6) is 1.15. The van der Waals surface area contributed by atoms with Gasteiger partial charge in [-0.3, -0.25) is 5.10 Å². The molecule has 24 heavy (non-hydrogen) atoms. The summed E-state index contributed by atoms with van der Waals surface area (Å²) < 4.78 is 0. The second-order valence-corrected chi connectivity index (χ2v) is 6.38. The molecule has 0 spiro atoms. The van der Waals surface area contributed by atoms with Crippen LogP contribution in [0.4, 0.5) is 0 Å². The molecule has 0 saturated heterocycles. The second-order valence-electron chi connectivity index (χ2n) is 5.39. The Hall–Kier alpha value is -2.62. The third kappa shape index (κ3) is 3.82. The highest BCUT2D eigenvalue weighted by atomic mass is 32.2. The van der Waals surface area contributed by atoms with Gasteiger partial charge in [-0.15, -0.1) is 5.10 Å². The minimum absolute atomic E-state index is 0.442. The van der Waals surface area contributed by atoms with Crippen molar-refractivity contribution < 1.29 is 5.11 Å². The van der Waals surface area contributed by atoms with Gasteiger partial charge >= 0.3 is 0 Å². The molecule has 0 fully saturated rings. The van der Waals surface area contributed by atoms with E-state index in [4.69, 9.17) is 5.26 Å². The van der Waals surface area contributed by atoms with E-state index in [-0.39, 0.29) is 0 Å². The SMILES string of the molecule is Cc1ccc(-c2nc(SCC(O)c3ccc(C#N)cc3)n[nH]2)cc1. The van der Waals surface area contributed by atoms with Crippen LogP contribution in [-0.2, 0) is 0 Å². The Morgan fingerprint density at radius 1 is 1.17 bits per heavy atom. The first-order valence-electron chi connectivity index (χ1n) is 7.46. The van der Waals surface area contributed by atoms with Crippen LogP contribution in [0.3, 0.4) is 0 Å². The third-order valence-corrected chi connectivity index (χ3v) is 4.51. The lowest BCUT2D eigenvalue weighted by Crippen LogP contribution is -2.00. The van der Waals surface area contributed by atoms with Gasteiger partial charge in [-0.05, 0) is 24.6 Å². The van der Waals surface area contributed by atoms with E-state index < -0.39 is 6.10 Å². The molecule has 2 N–H and O–H groups in total. The van der Waals surface area contributed by atoms with Crippen LogP contribution in [0.1, 0.15) is 22.8 Å². The summed E-state index contributed by atoms with van der Waals surface area (Å²) in [7, 11) is 0. The number of nitrogens with zero attached hydrogens (tertiary/aromatic N) is 3. The van der Waals surface area contributed by atoms with Gasteiger partial charge in [0, 0.05) is 11.3 Å². The topological polar surface area (TPSA) is 85.6 Å². The Balaban J connectivity index is 1.62. The fourth-order valence-corrected chi connectivity index (χ4v) is 2.95. The zero-order valence-corrected chi connectivity index (χ0v) is 13.9. The van der Waals surface area contributed by atoms with Crippen LogP contribution in [0.15, 0.2) is 53.7 Å². The number of nitrogens with one attached hydrogen (secondary N) is 1. The van der Waals surface area contributed by atoms with Crippen LogP contribution in [0, 0.1) is 18.3 Å². The Labute approximate surface area is 144 Å². The van der Waals surface area contributed by atoms with Crippen molar-refractivity contribution in [2.45, 2.75) is 18.2 Å². The van der Waals surface area contributed by atoms with Gasteiger partial charge in [0.2, 0.25) is 5.16 Å². The zero-order valence-electron chi connectivity index (χ0n) is 13.1. The second kappa shape index (κ2) is 7.30. The molecule has 3 rings (SSSR count). The number of thioether (sulfide) groups is 1. The van der Waals surface area contributed by atoms with Crippen LogP contribution >= 0.6 is 11.8 Å². The lowest BCUT2D eigenvalue weighted by atomic mass is 10.1. The Kier molecular flexibility index (Phi) is 4.94. The van der Waals surface area contributed by atoms with Gasteiger partial charge in [-0.25, -0.2) is 4.98 Å². The number of aryl methyl sites for hydroxylation is 1. The highest BCUT2D eigenvalue weighted by molar-refractivity contribution is 7.99. The van der Waals surface area contributed by atoms with Gasteiger partial charge < -0.3 is 5.11 Å². The van der Waals surface area contributed by atoms with Crippen molar-refractivity contribution in [2.24, 2.45) is 0 Å². The molecule has 0 bridgehead atoms. The van der Waals surface area contributed by atoms with Gasteiger partial charge in [-0.1, -0.05) is 53.7 Å². The quantitative estimate of drug-likeness (QED) is 0.697. The molecule has 1 heterocycles. The van der Waals surface area contributed by atoms with Crippen molar-refractivity contribution in [2.75, 3.05) is 5.75 Å². The fraction of sp³-hybridized carbons (Fsp3) is 0.167. The molecule has 3 aromatic rings. The Morgan fingerprint density at radius 2 is 1.88 bits per heavy atom. The Morgan fingerprint density at radius 3 is 2.54 bits per heavy atom. The average molecular weight is 336 g/mol. The van der Waals surface area contributed by atoms with Crippen LogP contribution in [0.25, 0.3) is 11.4 Å². The summed E-state index contributed by atoms with van der Waals surface area (Å²) in [6.45, 7) is 2.04. The molecule has 1 atom stereocenters. The zero-order chi connectivity index (χ0) is 16.9. The van der Waals surface area contributed by atoms with Crippen molar-refractivity contribution in [3.05, 3.63) is 65.2 Å². The van der Waals surface area contributed by atoms with Gasteiger partial charge in [0.05, 0.1) is 17.7 Å². The molecule has 0 radical (unpaired) electrons. The number of aliphatic hydroxyl groups excluding tert-OH is 1. The molecule has 0 aliphatic carbocycles. The van der Waals surface area contributed by atoms with E-state index in [1.165, 1.54) is 17.3 Å². The maximum absolute atomic E-state index is 10.2. The van der Waals surface area contributed by atoms with E-state index >= 15 is 0 Å². The average Bonchev–Trinajstić information content (AvgIpc) is 3.09. The predicted molar refractivity (Wildman–Crippen MR) is 93.4 cm³/mol. The number of aromatic amines is 1. The van der Waals surface area contributed by atoms with E-state index in [1.807, 2.05) is 31.2 Å². The van der Waals surface area contributed by atoms with Crippen molar-refractivity contribution in [3.63, 3.8) is 0 Å². The summed E-state index contributed by atoms with van der Waals surface area (Å²) in [4.78, 5) is 4.45. The van der Waals surface area contributed by atoms with Crippen LogP contribution < -0.4 is 0 Å². The number of benzene rings is 2. The molecular formula is C18H16N4OS. The highest BCUT2D eigenvalue weighted by Crippen LogP contribution is 2.24. The standard InChI is InChI=1S/C18H16N4OS/c1-12-2-6-15(7-3-12)17-20-18(22-21-17)24-11-16(23)14-8-4-13(10-19)5-9-14/h2-9,16,23H,11H2,1H3,(H,20,21,22). The predicted octanol–water partition coefficient (Wildman–Crippen LogP) is 3.48. The number of aliphatic hydroxyl groups is 1. The molecule has 0 aliphatic rings. The molecule has 1 unspecified atom stereocenters. The first kappa shape index (κ1) is 16.2. The fourth-order valence-electron chi connectivity index (χ4n) is 2.18. The molecule has 1 aromatic heterocycles. The van der Waals surface area contributed by atoms with Crippen molar-refractivity contribution in [1.29, 1.82) is 5.26 Å². The van der Waals surface area contributed by atoms with Crippen LogP contribution in [0.5, 0.6) is 0 Å². The largest absolute Gasteiger partial charge is 0.388 e. The maximum Gasteiger partial charge on any atom is 0.208 e. The highest BCUT2D eigenvalue weighted by Gasteiger charge is 2.11. The van der Waals surface area contributed by atoms with E-state index in [1.54, 1.807) is 24.3 Å². The van der Waals surface area contributed by atoms with E-state index in [2.05, 4.69) is 21.3 Å². The third-order valence-electron chi connectivity index (χ3n) is 3.58. The summed E-state index contributed by atoms with van der Waals surface area (Å²) in [5, 5.41) is 26.7. The molecule has 5 nitrogen and oxygen atoms in total. The molecule has 0 amide bonds. The molecule has 0 saturated carbocycles. The Bertz CT molecular complexity index is 850. The summed E-state index contributed by atoms with van der Waals surface area (Å²) in [6.07, 6.45) is -0.635. The number of rotatable bonds is 5. The lowest BCUT2D eigenvalue weighted by molar-refractivity contribution is 0.204. The van der Waals surface area contributed by atoms with Crippen molar-refractivity contribution in [1.82, 2.24) is 15.2 Å². The van der Waals surface area contributed by atoms with Gasteiger partial charge in [-0.2, -0.15) is 5.26 Å². The maximum atomic E-state index is 10.2. The van der Waals surface area contributed by atoms with E-state index in [9.17, 15) is 5.11 Å². The van der Waals surface area contributed by atoms with E-state index in [0.29, 0.717) is 22.3 Å². The molecule has 2 aromatic carbocycles. The first-order chi connectivity index (χ1) is 11.7. The number of H-pyrrole nitrogens is 1. The summed E-state index contributed by atoms with van der Waals surface area (Å²) in [6, 6.07) is 17.0. The summed E-state index contributed by atoms with van der Waals surface area (Å²) in [5.41, 5.74) is 3.53. The monoisotopic (exact) mass is 336 g/mol. The van der Waals surface area contributed by atoms with Crippen molar-refractivity contribution in [3.8, 4) is 17.5 Å². The molecule has 6 heteroatoms. The van der Waals surface area contributed by atoms with Crippen LogP contribution in [0.2, 0.25) is 0 Å². The lowest BCUT2D eigenvalue weighted by Gasteiger charge is -2.09. The number of hydrogen-bond donors (Lipinski definition) is 2. The molecular weight excluding hydrogens is 320 g/mol. The first-order valence-corrected chi connectivity index (χ1v) is 8.44. The smallest absolute Gasteiger partial charge is 0.208 e. The minimum atomic E-state index is -0.635. The molecule has 120 valence electrons. The van der Waals surface area contributed by atoms with Gasteiger partial charge in [0.1, 0.15) is 0 Å². The number of hydrogen-bond acceptors (Lipinski definition) is 5. The van der Waals surface area contributed by atoms with E-state index in [0.717, 1.165) is 11.1 Å². The van der Waals surface area contributed by atoms with Crippen molar-refractivity contribution >= 4 is 11.8 Å². The van der Waals surface area contributed by atoms with Crippen LogP contribution in [-0.4, -0.2) is 26.0 Å². The normalized spacial score (nSPS) is 11.9. The number of nitriles is 1. The van der Waals surface area contributed by atoms with Gasteiger partial charge in [0.25, 0.3) is 0 Å². The van der Waals surface area contributed by atoms with Gasteiger partial charge in [0.15, 0.2) is 5.82 Å².